The number of nitrogens with one attached hydrogen (secondary N) is 1. The molecule has 0 spiro atoms. The van der Waals surface area contributed by atoms with E-state index in [0.29, 0.717) is 0 Å². The standard InChI is InChI=1S/C12H14N4S/c1-2-4-10(5-3-1)6-7-11-14-15-12-16(11)13-8-9-17-12/h1-5,13H,6-9H2. The van der Waals surface area contributed by atoms with Crippen LogP contribution in [0.15, 0.2) is 35.5 Å². The van der Waals surface area contributed by atoms with Crippen LogP contribution >= 0.6 is 11.8 Å². The number of hydrogen-bond donors (Lipinski definition) is 1. The van der Waals surface area contributed by atoms with E-state index in [1.165, 1.54) is 5.56 Å². The molecule has 0 saturated carbocycles. The second kappa shape index (κ2) is 4.79. The molecular formula is C12H14N4S. The van der Waals surface area contributed by atoms with Gasteiger partial charge in [-0.25, -0.2) is 4.68 Å². The van der Waals surface area contributed by atoms with Crippen molar-refractivity contribution >= 4 is 11.8 Å². The predicted octanol–water partition coefficient (Wildman–Crippen LogP) is 1.71. The quantitative estimate of drug-likeness (QED) is 0.895. The Morgan fingerprint density at radius 1 is 1.18 bits per heavy atom. The van der Waals surface area contributed by atoms with Gasteiger partial charge in [0, 0.05) is 18.7 Å². The molecule has 1 aliphatic rings. The minimum absolute atomic E-state index is 0.921. The second-order valence-corrected chi connectivity index (χ2v) is 5.04. The summed E-state index contributed by atoms with van der Waals surface area (Å²) in [5, 5.41) is 9.41. The third-order valence-corrected chi connectivity index (χ3v) is 3.71. The number of aryl methyl sites for hydroxylation is 2. The van der Waals surface area contributed by atoms with Crippen molar-refractivity contribution in [2.75, 3.05) is 17.7 Å². The van der Waals surface area contributed by atoms with Crippen molar-refractivity contribution in [2.45, 2.75) is 18.0 Å². The highest BCUT2D eigenvalue weighted by molar-refractivity contribution is 7.99. The molecule has 88 valence electrons. The van der Waals surface area contributed by atoms with Crippen LogP contribution in [-0.2, 0) is 12.8 Å². The number of rotatable bonds is 3. The van der Waals surface area contributed by atoms with Crippen molar-refractivity contribution in [3.8, 4) is 0 Å². The van der Waals surface area contributed by atoms with E-state index >= 15 is 0 Å². The van der Waals surface area contributed by atoms with Crippen LogP contribution in [0, 0.1) is 0 Å². The Kier molecular flexibility index (Phi) is 3.00. The molecule has 0 fully saturated rings. The first-order chi connectivity index (χ1) is 8.43. The molecule has 3 rings (SSSR count). The number of hydrogen-bond acceptors (Lipinski definition) is 4. The fraction of sp³-hybridized carbons (Fsp3) is 0.333. The molecule has 0 unspecified atom stereocenters. The van der Waals surface area contributed by atoms with Gasteiger partial charge >= 0.3 is 0 Å². The molecule has 5 heteroatoms. The van der Waals surface area contributed by atoms with E-state index in [4.69, 9.17) is 0 Å². The van der Waals surface area contributed by atoms with Crippen LogP contribution < -0.4 is 5.43 Å². The van der Waals surface area contributed by atoms with E-state index in [1.54, 1.807) is 11.8 Å². The van der Waals surface area contributed by atoms with Crippen LogP contribution in [0.1, 0.15) is 11.4 Å². The van der Waals surface area contributed by atoms with Crippen molar-refractivity contribution in [3.63, 3.8) is 0 Å². The van der Waals surface area contributed by atoms with Crippen LogP contribution in [0.3, 0.4) is 0 Å². The van der Waals surface area contributed by atoms with Gasteiger partial charge in [0.05, 0.1) is 0 Å². The van der Waals surface area contributed by atoms with Gasteiger partial charge in [-0.3, -0.25) is 0 Å². The van der Waals surface area contributed by atoms with Gasteiger partial charge in [-0.05, 0) is 12.0 Å². The first-order valence-electron chi connectivity index (χ1n) is 5.78. The maximum Gasteiger partial charge on any atom is 0.210 e. The van der Waals surface area contributed by atoms with Crippen molar-refractivity contribution in [1.29, 1.82) is 0 Å². The molecule has 0 aliphatic carbocycles. The Bertz CT molecular complexity index is 494. The number of aromatic nitrogens is 3. The third kappa shape index (κ3) is 2.29. The van der Waals surface area contributed by atoms with Gasteiger partial charge in [0.15, 0.2) is 5.82 Å². The average Bonchev–Trinajstić information content (AvgIpc) is 2.81. The van der Waals surface area contributed by atoms with Gasteiger partial charge in [0.2, 0.25) is 5.16 Å². The first-order valence-corrected chi connectivity index (χ1v) is 6.77. The topological polar surface area (TPSA) is 42.7 Å². The average molecular weight is 246 g/mol. The minimum atomic E-state index is 0.921. The molecule has 1 aliphatic heterocycles. The van der Waals surface area contributed by atoms with E-state index in [1.807, 2.05) is 10.7 Å². The normalized spacial score (nSPS) is 14.1. The molecular weight excluding hydrogens is 232 g/mol. The van der Waals surface area contributed by atoms with Crippen LogP contribution in [-0.4, -0.2) is 27.2 Å². The molecule has 1 aromatic heterocycles. The lowest BCUT2D eigenvalue weighted by atomic mass is 10.1. The summed E-state index contributed by atoms with van der Waals surface area (Å²) in [6.07, 6.45) is 1.93. The first kappa shape index (κ1) is 10.7. The maximum absolute atomic E-state index is 4.24. The van der Waals surface area contributed by atoms with Crippen molar-refractivity contribution in [2.24, 2.45) is 0 Å². The lowest BCUT2D eigenvalue weighted by Crippen LogP contribution is -2.25. The summed E-state index contributed by atoms with van der Waals surface area (Å²) in [5.74, 6) is 2.09. The Labute approximate surface area is 104 Å². The van der Waals surface area contributed by atoms with E-state index in [0.717, 1.165) is 36.1 Å². The second-order valence-electron chi connectivity index (χ2n) is 3.98. The monoisotopic (exact) mass is 246 g/mol. The Morgan fingerprint density at radius 2 is 2.06 bits per heavy atom. The van der Waals surface area contributed by atoms with Gasteiger partial charge in [-0.2, -0.15) is 0 Å². The summed E-state index contributed by atoms with van der Waals surface area (Å²) in [4.78, 5) is 0. The van der Waals surface area contributed by atoms with E-state index in [9.17, 15) is 0 Å². The molecule has 0 bridgehead atoms. The lowest BCUT2D eigenvalue weighted by Gasteiger charge is -2.16. The zero-order valence-electron chi connectivity index (χ0n) is 9.47. The Balaban J connectivity index is 1.71. The summed E-state index contributed by atoms with van der Waals surface area (Å²) in [5.41, 5.74) is 4.66. The lowest BCUT2D eigenvalue weighted by molar-refractivity contribution is 0.700. The molecule has 0 saturated heterocycles. The molecule has 0 amide bonds. The fourth-order valence-corrected chi connectivity index (χ4v) is 2.69. The zero-order valence-corrected chi connectivity index (χ0v) is 10.3. The Morgan fingerprint density at radius 3 is 2.94 bits per heavy atom. The molecule has 1 N–H and O–H groups in total. The minimum Gasteiger partial charge on any atom is -0.321 e. The highest BCUT2D eigenvalue weighted by Crippen LogP contribution is 2.19. The van der Waals surface area contributed by atoms with Gasteiger partial charge in [-0.15, -0.1) is 10.2 Å². The van der Waals surface area contributed by atoms with Crippen LogP contribution in [0.5, 0.6) is 0 Å². The molecule has 2 aromatic rings. The van der Waals surface area contributed by atoms with Crippen molar-refractivity contribution in [1.82, 2.24) is 14.9 Å². The highest BCUT2D eigenvalue weighted by atomic mass is 32.2. The molecule has 0 atom stereocenters. The van der Waals surface area contributed by atoms with Crippen LogP contribution in [0.2, 0.25) is 0 Å². The SMILES string of the molecule is c1ccc(CCc2nnc3n2NCCS3)cc1. The molecule has 1 aromatic carbocycles. The van der Waals surface area contributed by atoms with Gasteiger partial charge in [0.25, 0.3) is 0 Å². The van der Waals surface area contributed by atoms with E-state index in [-0.39, 0.29) is 0 Å². The fourth-order valence-electron chi connectivity index (χ4n) is 1.92. The smallest absolute Gasteiger partial charge is 0.210 e. The van der Waals surface area contributed by atoms with Gasteiger partial charge in [0.1, 0.15) is 0 Å². The molecule has 2 heterocycles. The number of thioether (sulfide) groups is 1. The molecule has 4 nitrogen and oxygen atoms in total. The van der Waals surface area contributed by atoms with Crippen molar-refractivity contribution < 1.29 is 0 Å². The Hall–Kier alpha value is -1.49. The van der Waals surface area contributed by atoms with E-state index in [2.05, 4.69) is 39.9 Å². The maximum atomic E-state index is 4.24. The summed E-state index contributed by atoms with van der Waals surface area (Å²) >= 11 is 1.76. The van der Waals surface area contributed by atoms with Crippen molar-refractivity contribution in [3.05, 3.63) is 41.7 Å². The molecule has 17 heavy (non-hydrogen) atoms. The van der Waals surface area contributed by atoms with Gasteiger partial charge in [-0.1, -0.05) is 42.1 Å². The number of benzene rings is 1. The highest BCUT2D eigenvalue weighted by Gasteiger charge is 2.15. The van der Waals surface area contributed by atoms with Crippen LogP contribution in [0.4, 0.5) is 0 Å². The number of fused-ring (bicyclic) bond motifs is 1. The van der Waals surface area contributed by atoms with Gasteiger partial charge < -0.3 is 5.43 Å². The summed E-state index contributed by atoms with van der Waals surface area (Å²) < 4.78 is 2.02. The van der Waals surface area contributed by atoms with E-state index < -0.39 is 0 Å². The number of nitrogens with zero attached hydrogens (tertiary/aromatic N) is 3. The summed E-state index contributed by atoms with van der Waals surface area (Å²) in [6, 6.07) is 10.5. The van der Waals surface area contributed by atoms with Crippen LogP contribution in [0.25, 0.3) is 0 Å². The largest absolute Gasteiger partial charge is 0.321 e. The predicted molar refractivity (Wildman–Crippen MR) is 68.8 cm³/mol. The molecule has 0 radical (unpaired) electrons. The third-order valence-electron chi connectivity index (χ3n) is 2.78. The zero-order chi connectivity index (χ0) is 11.5. The summed E-state index contributed by atoms with van der Waals surface area (Å²) in [7, 11) is 0. The summed E-state index contributed by atoms with van der Waals surface area (Å²) in [6.45, 7) is 0.980.